The average Bonchev–Trinajstić information content (AvgIpc) is 3.01. The second kappa shape index (κ2) is 6.55. The molecule has 0 unspecified atom stereocenters. The minimum absolute atomic E-state index is 0.239. The quantitative estimate of drug-likeness (QED) is 0.524. The summed E-state index contributed by atoms with van der Waals surface area (Å²) < 4.78 is 4.56. The molecule has 1 aromatic rings. The zero-order chi connectivity index (χ0) is 15.2. The standard InChI is InChI=1S/C17H15NO3/c1-12-7-9-15(14(11-12)8-10-16(19)21-2)18-17(20)13-5-3-4-6-13/h3-5,7-11H,1-2H3,(H,18,20)/b10-8+. The molecule has 106 valence electrons. The van der Waals surface area contributed by atoms with E-state index >= 15 is 0 Å². The van der Waals surface area contributed by atoms with Gasteiger partial charge in [0.1, 0.15) is 0 Å². The van der Waals surface area contributed by atoms with Crippen LogP contribution in [-0.4, -0.2) is 19.0 Å². The number of amides is 1. The van der Waals surface area contributed by atoms with Crippen molar-refractivity contribution in [1.82, 2.24) is 0 Å². The Hall–Kier alpha value is -2.84. The third-order valence-electron chi connectivity index (χ3n) is 2.90. The van der Waals surface area contributed by atoms with Gasteiger partial charge >= 0.3 is 5.97 Å². The summed E-state index contributed by atoms with van der Waals surface area (Å²) in [7, 11) is 1.32. The largest absolute Gasteiger partial charge is 0.466 e. The second-order valence-corrected chi connectivity index (χ2v) is 4.49. The Morgan fingerprint density at radius 1 is 1.33 bits per heavy atom. The number of methoxy groups -OCH3 is 1. The Morgan fingerprint density at radius 2 is 2.14 bits per heavy atom. The summed E-state index contributed by atoms with van der Waals surface area (Å²) in [5.74, 6) is -0.685. The average molecular weight is 281 g/mol. The Kier molecular flexibility index (Phi) is 4.54. The van der Waals surface area contributed by atoms with Crippen molar-refractivity contribution in [2.45, 2.75) is 6.92 Å². The number of esters is 1. The molecule has 1 aromatic carbocycles. The third-order valence-corrected chi connectivity index (χ3v) is 2.90. The highest BCUT2D eigenvalue weighted by Gasteiger charge is 2.10. The Labute approximate surface area is 123 Å². The Morgan fingerprint density at radius 3 is 2.81 bits per heavy atom. The van der Waals surface area contributed by atoms with E-state index in [-0.39, 0.29) is 5.91 Å². The van der Waals surface area contributed by atoms with Crippen LogP contribution >= 0.6 is 0 Å². The van der Waals surface area contributed by atoms with Crippen LogP contribution in [0.5, 0.6) is 0 Å². The van der Waals surface area contributed by atoms with Crippen LogP contribution in [-0.2, 0) is 14.3 Å². The molecule has 4 heteroatoms. The zero-order valence-corrected chi connectivity index (χ0v) is 11.8. The number of benzene rings is 1. The Balaban J connectivity index is 2.24. The third kappa shape index (κ3) is 3.81. The van der Waals surface area contributed by atoms with Crippen molar-refractivity contribution in [3.8, 4) is 0 Å². The van der Waals surface area contributed by atoms with Crippen molar-refractivity contribution in [2.75, 3.05) is 12.4 Å². The number of hydrogen-bond donors (Lipinski definition) is 1. The van der Waals surface area contributed by atoms with E-state index in [1.54, 1.807) is 30.4 Å². The van der Waals surface area contributed by atoms with Crippen LogP contribution in [0.25, 0.3) is 6.08 Å². The van der Waals surface area contributed by atoms with Gasteiger partial charge in [0.15, 0.2) is 0 Å². The molecule has 0 bridgehead atoms. The van der Waals surface area contributed by atoms with Gasteiger partial charge in [-0.05, 0) is 42.8 Å². The van der Waals surface area contributed by atoms with E-state index in [2.05, 4.69) is 15.8 Å². The molecule has 21 heavy (non-hydrogen) atoms. The van der Waals surface area contributed by atoms with E-state index in [0.717, 1.165) is 11.1 Å². The number of aryl methyl sites for hydroxylation is 1. The maximum absolute atomic E-state index is 12.0. The normalized spacial score (nSPS) is 12.6. The number of anilines is 1. The predicted octanol–water partition coefficient (Wildman–Crippen LogP) is 2.77. The van der Waals surface area contributed by atoms with Crippen LogP contribution in [0.15, 0.2) is 53.8 Å². The van der Waals surface area contributed by atoms with Crippen molar-refractivity contribution >= 4 is 23.6 Å². The number of ether oxygens (including phenoxy) is 1. The summed E-state index contributed by atoms with van der Waals surface area (Å²) in [5.41, 5.74) is 5.70. The lowest BCUT2D eigenvalue weighted by Crippen LogP contribution is -2.13. The first-order valence-corrected chi connectivity index (χ1v) is 6.41. The SMILES string of the molecule is COC(=O)/C=C/c1cc(C)ccc1NC(=O)C1=C=CC=C1. The number of allylic oxidation sites excluding steroid dienone is 1. The van der Waals surface area contributed by atoms with Gasteiger partial charge in [0.2, 0.25) is 0 Å². The molecule has 4 nitrogen and oxygen atoms in total. The number of nitrogens with one attached hydrogen (secondary N) is 1. The minimum atomic E-state index is -0.446. The maximum Gasteiger partial charge on any atom is 0.330 e. The minimum Gasteiger partial charge on any atom is -0.466 e. The predicted molar refractivity (Wildman–Crippen MR) is 81.6 cm³/mol. The fourth-order valence-corrected chi connectivity index (χ4v) is 1.82. The molecule has 0 spiro atoms. The van der Waals surface area contributed by atoms with Crippen LogP contribution in [0.1, 0.15) is 11.1 Å². The van der Waals surface area contributed by atoms with Gasteiger partial charge in [-0.2, -0.15) is 0 Å². The molecule has 0 atom stereocenters. The van der Waals surface area contributed by atoms with Gasteiger partial charge in [-0.3, -0.25) is 4.79 Å². The first kappa shape index (κ1) is 14.6. The lowest BCUT2D eigenvalue weighted by atomic mass is 10.1. The van der Waals surface area contributed by atoms with Crippen LogP contribution in [0.4, 0.5) is 5.69 Å². The van der Waals surface area contributed by atoms with Crippen LogP contribution < -0.4 is 5.32 Å². The number of rotatable bonds is 4. The second-order valence-electron chi connectivity index (χ2n) is 4.49. The van der Waals surface area contributed by atoms with Crippen LogP contribution in [0.3, 0.4) is 0 Å². The molecule has 0 saturated heterocycles. The summed E-state index contributed by atoms with van der Waals surface area (Å²) in [6.45, 7) is 1.94. The molecule has 0 aliphatic heterocycles. The number of carbonyl (C=O) groups excluding carboxylic acids is 2. The number of hydrogen-bond acceptors (Lipinski definition) is 3. The van der Waals surface area contributed by atoms with E-state index in [4.69, 9.17) is 0 Å². The van der Waals surface area contributed by atoms with Crippen molar-refractivity contribution in [1.29, 1.82) is 0 Å². The molecule has 1 amide bonds. The van der Waals surface area contributed by atoms with Crippen molar-refractivity contribution in [3.05, 3.63) is 64.9 Å². The summed E-state index contributed by atoms with van der Waals surface area (Å²) in [6, 6.07) is 5.57. The van der Waals surface area contributed by atoms with Gasteiger partial charge in [0.25, 0.3) is 5.91 Å². The monoisotopic (exact) mass is 281 g/mol. The molecule has 0 saturated carbocycles. The molecule has 0 aromatic heterocycles. The summed E-state index contributed by atoms with van der Waals surface area (Å²) in [4.78, 5) is 23.2. The Bertz CT molecular complexity index is 705. The maximum atomic E-state index is 12.0. The molecule has 0 heterocycles. The van der Waals surface area contributed by atoms with E-state index in [1.807, 2.05) is 19.1 Å². The fraction of sp³-hybridized carbons (Fsp3) is 0.118. The molecular weight excluding hydrogens is 266 g/mol. The molecule has 1 aliphatic carbocycles. The molecule has 1 N–H and O–H groups in total. The first-order valence-electron chi connectivity index (χ1n) is 6.41. The smallest absolute Gasteiger partial charge is 0.330 e. The van der Waals surface area contributed by atoms with Crippen LogP contribution in [0.2, 0.25) is 0 Å². The van der Waals surface area contributed by atoms with Gasteiger partial charge in [-0.15, -0.1) is 5.73 Å². The topological polar surface area (TPSA) is 55.4 Å². The highest BCUT2D eigenvalue weighted by molar-refractivity contribution is 6.07. The lowest BCUT2D eigenvalue weighted by molar-refractivity contribution is -0.134. The van der Waals surface area contributed by atoms with Crippen molar-refractivity contribution in [2.24, 2.45) is 0 Å². The summed E-state index contributed by atoms with van der Waals surface area (Å²) in [6.07, 6.45) is 8.06. The fourth-order valence-electron chi connectivity index (χ4n) is 1.82. The van der Waals surface area contributed by atoms with Crippen LogP contribution in [0, 0.1) is 6.92 Å². The van der Waals surface area contributed by atoms with Crippen molar-refractivity contribution < 1.29 is 14.3 Å². The van der Waals surface area contributed by atoms with E-state index in [9.17, 15) is 9.59 Å². The number of carbonyl (C=O) groups is 2. The molecule has 2 rings (SSSR count). The van der Waals surface area contributed by atoms with Crippen molar-refractivity contribution in [3.63, 3.8) is 0 Å². The molecule has 1 aliphatic rings. The summed E-state index contributed by atoms with van der Waals surface area (Å²) >= 11 is 0. The van der Waals surface area contributed by atoms with E-state index in [0.29, 0.717) is 11.3 Å². The van der Waals surface area contributed by atoms with E-state index in [1.165, 1.54) is 13.2 Å². The van der Waals surface area contributed by atoms with Gasteiger partial charge < -0.3 is 10.1 Å². The summed E-state index contributed by atoms with van der Waals surface area (Å²) in [5, 5.41) is 2.81. The highest BCUT2D eigenvalue weighted by atomic mass is 16.5. The van der Waals surface area contributed by atoms with Gasteiger partial charge in [-0.25, -0.2) is 4.79 Å². The molecule has 0 fully saturated rings. The van der Waals surface area contributed by atoms with E-state index < -0.39 is 5.97 Å². The zero-order valence-electron chi connectivity index (χ0n) is 11.8. The van der Waals surface area contributed by atoms with Gasteiger partial charge in [0.05, 0.1) is 12.7 Å². The first-order chi connectivity index (χ1) is 10.1. The van der Waals surface area contributed by atoms with Gasteiger partial charge in [0, 0.05) is 11.8 Å². The molecular formula is C17H15NO3. The molecule has 0 radical (unpaired) electrons. The highest BCUT2D eigenvalue weighted by Crippen LogP contribution is 2.20. The van der Waals surface area contributed by atoms with Gasteiger partial charge in [-0.1, -0.05) is 17.7 Å². The lowest BCUT2D eigenvalue weighted by Gasteiger charge is -2.09.